The summed E-state index contributed by atoms with van der Waals surface area (Å²) in [6.07, 6.45) is 0.956. The van der Waals surface area contributed by atoms with Crippen LogP contribution in [0, 0.1) is 5.92 Å². The number of hydrogen-bond donors (Lipinski definition) is 2. The van der Waals surface area contributed by atoms with Crippen LogP contribution in [0.5, 0.6) is 0 Å². The summed E-state index contributed by atoms with van der Waals surface area (Å²) in [6, 6.07) is 8.45. The van der Waals surface area contributed by atoms with Crippen molar-refractivity contribution in [2.24, 2.45) is 11.7 Å². The third kappa shape index (κ3) is 4.12. The largest absolute Gasteiger partial charge is 0.329 e. The second-order valence-corrected chi connectivity index (χ2v) is 4.80. The van der Waals surface area contributed by atoms with Crippen LogP contribution >= 0.6 is 11.6 Å². The first-order valence-corrected chi connectivity index (χ1v) is 6.19. The molecule has 0 fully saturated rings. The summed E-state index contributed by atoms with van der Waals surface area (Å²) in [5.74, 6) is 0.572. The highest BCUT2D eigenvalue weighted by atomic mass is 35.5. The Morgan fingerprint density at radius 1 is 1.31 bits per heavy atom. The van der Waals surface area contributed by atoms with Crippen molar-refractivity contribution in [3.8, 4) is 0 Å². The highest BCUT2D eigenvalue weighted by Crippen LogP contribution is 2.18. The van der Waals surface area contributed by atoms with Crippen LogP contribution in [0.25, 0.3) is 0 Å². The fraction of sp³-hybridized carbons (Fsp3) is 0.538. The molecule has 0 amide bonds. The van der Waals surface area contributed by atoms with Crippen LogP contribution < -0.4 is 11.1 Å². The van der Waals surface area contributed by atoms with Gasteiger partial charge in [0.1, 0.15) is 0 Å². The number of rotatable bonds is 6. The smallest absolute Gasteiger partial charge is 0.0438 e. The molecule has 1 rings (SSSR count). The number of hydrogen-bond acceptors (Lipinski definition) is 2. The van der Waals surface area contributed by atoms with E-state index < -0.39 is 0 Å². The van der Waals surface area contributed by atoms with Gasteiger partial charge in [0.25, 0.3) is 0 Å². The molecule has 0 aliphatic rings. The molecule has 1 unspecified atom stereocenters. The Bertz CT molecular complexity index is 313. The van der Waals surface area contributed by atoms with Crippen molar-refractivity contribution < 1.29 is 0 Å². The summed E-state index contributed by atoms with van der Waals surface area (Å²) in [5, 5.41) is 4.31. The van der Waals surface area contributed by atoms with Crippen molar-refractivity contribution in [1.82, 2.24) is 5.32 Å². The molecule has 0 heterocycles. The van der Waals surface area contributed by atoms with Crippen molar-refractivity contribution in [2.45, 2.75) is 26.3 Å². The van der Waals surface area contributed by atoms with Crippen molar-refractivity contribution in [2.75, 3.05) is 13.1 Å². The van der Waals surface area contributed by atoms with Gasteiger partial charge in [0.05, 0.1) is 0 Å². The molecule has 0 bridgehead atoms. The maximum atomic E-state index is 6.15. The summed E-state index contributed by atoms with van der Waals surface area (Å²) in [4.78, 5) is 0. The zero-order valence-electron chi connectivity index (χ0n) is 10.0. The van der Waals surface area contributed by atoms with Gasteiger partial charge >= 0.3 is 0 Å². The molecule has 3 N–H and O–H groups in total. The van der Waals surface area contributed by atoms with E-state index in [4.69, 9.17) is 17.3 Å². The van der Waals surface area contributed by atoms with Crippen molar-refractivity contribution >= 4 is 11.6 Å². The summed E-state index contributed by atoms with van der Waals surface area (Å²) < 4.78 is 0. The molecule has 1 aromatic carbocycles. The number of nitrogens with two attached hydrogens (primary N) is 1. The van der Waals surface area contributed by atoms with E-state index in [2.05, 4.69) is 25.2 Å². The van der Waals surface area contributed by atoms with Crippen LogP contribution in [0.15, 0.2) is 24.3 Å². The normalized spacial score (nSPS) is 13.1. The molecule has 0 saturated carbocycles. The lowest BCUT2D eigenvalue weighted by Crippen LogP contribution is -2.38. The fourth-order valence-corrected chi connectivity index (χ4v) is 1.93. The second-order valence-electron chi connectivity index (χ2n) is 4.39. The van der Waals surface area contributed by atoms with Gasteiger partial charge in [-0.05, 0) is 24.0 Å². The lowest BCUT2D eigenvalue weighted by atomic mass is 9.96. The molecular weight excluding hydrogens is 220 g/mol. The molecule has 0 spiro atoms. The highest BCUT2D eigenvalue weighted by molar-refractivity contribution is 6.31. The highest BCUT2D eigenvalue weighted by Gasteiger charge is 2.14. The van der Waals surface area contributed by atoms with Gasteiger partial charge < -0.3 is 11.1 Å². The van der Waals surface area contributed by atoms with Crippen LogP contribution in [0.3, 0.4) is 0 Å². The van der Waals surface area contributed by atoms with E-state index >= 15 is 0 Å². The Kier molecular flexibility index (Phi) is 5.81. The maximum absolute atomic E-state index is 6.15. The zero-order valence-corrected chi connectivity index (χ0v) is 10.8. The van der Waals surface area contributed by atoms with Crippen molar-refractivity contribution in [1.29, 1.82) is 0 Å². The predicted molar refractivity (Wildman–Crippen MR) is 70.8 cm³/mol. The summed E-state index contributed by atoms with van der Waals surface area (Å²) in [5.41, 5.74) is 6.71. The van der Waals surface area contributed by atoms with Crippen LogP contribution in [0.1, 0.15) is 19.4 Å². The average molecular weight is 241 g/mol. The molecule has 0 aromatic heterocycles. The van der Waals surface area contributed by atoms with Crippen LogP contribution in [0.4, 0.5) is 0 Å². The van der Waals surface area contributed by atoms with Gasteiger partial charge in [-0.15, -0.1) is 0 Å². The fourth-order valence-electron chi connectivity index (χ4n) is 1.71. The standard InChI is InChI=1S/C13H21ClN2/c1-10(2)13(16-8-7-15)9-11-5-3-4-6-12(11)14/h3-6,10,13,16H,7-9,15H2,1-2H3. The molecule has 0 aliphatic carbocycles. The lowest BCUT2D eigenvalue weighted by Gasteiger charge is -2.22. The molecule has 0 aliphatic heterocycles. The van der Waals surface area contributed by atoms with E-state index in [0.29, 0.717) is 18.5 Å². The Labute approximate surface area is 103 Å². The molecule has 16 heavy (non-hydrogen) atoms. The molecule has 3 heteroatoms. The minimum absolute atomic E-state index is 0.434. The van der Waals surface area contributed by atoms with Gasteiger partial charge in [0.15, 0.2) is 0 Å². The topological polar surface area (TPSA) is 38.0 Å². The van der Waals surface area contributed by atoms with E-state index in [1.54, 1.807) is 0 Å². The van der Waals surface area contributed by atoms with E-state index in [1.165, 1.54) is 5.56 Å². The quantitative estimate of drug-likeness (QED) is 0.802. The molecule has 0 radical (unpaired) electrons. The van der Waals surface area contributed by atoms with E-state index in [0.717, 1.165) is 18.0 Å². The molecule has 1 aromatic rings. The second kappa shape index (κ2) is 6.89. The zero-order chi connectivity index (χ0) is 12.0. The monoisotopic (exact) mass is 240 g/mol. The Balaban J connectivity index is 2.64. The summed E-state index contributed by atoms with van der Waals surface area (Å²) >= 11 is 6.15. The maximum Gasteiger partial charge on any atom is 0.0438 e. The number of benzene rings is 1. The van der Waals surface area contributed by atoms with Gasteiger partial charge in [0, 0.05) is 24.2 Å². The van der Waals surface area contributed by atoms with E-state index in [-0.39, 0.29) is 0 Å². The van der Waals surface area contributed by atoms with Gasteiger partial charge in [-0.1, -0.05) is 43.6 Å². The van der Waals surface area contributed by atoms with Crippen molar-refractivity contribution in [3.63, 3.8) is 0 Å². The average Bonchev–Trinajstić information content (AvgIpc) is 2.26. The Hall–Kier alpha value is -0.570. The Morgan fingerprint density at radius 3 is 2.56 bits per heavy atom. The molecular formula is C13H21ClN2. The van der Waals surface area contributed by atoms with E-state index in [9.17, 15) is 0 Å². The third-order valence-electron chi connectivity index (χ3n) is 2.75. The number of halogens is 1. The van der Waals surface area contributed by atoms with Crippen LogP contribution in [0.2, 0.25) is 5.02 Å². The summed E-state index contributed by atoms with van der Waals surface area (Å²) in [7, 11) is 0. The molecule has 2 nitrogen and oxygen atoms in total. The van der Waals surface area contributed by atoms with Gasteiger partial charge in [-0.25, -0.2) is 0 Å². The SMILES string of the molecule is CC(C)C(Cc1ccccc1Cl)NCCN. The van der Waals surface area contributed by atoms with Gasteiger partial charge in [0.2, 0.25) is 0 Å². The van der Waals surface area contributed by atoms with Gasteiger partial charge in [-0.2, -0.15) is 0 Å². The molecule has 90 valence electrons. The first kappa shape index (κ1) is 13.5. The first-order valence-electron chi connectivity index (χ1n) is 5.82. The molecule has 1 atom stereocenters. The molecule has 0 saturated heterocycles. The summed E-state index contributed by atoms with van der Waals surface area (Å²) in [6.45, 7) is 5.95. The lowest BCUT2D eigenvalue weighted by molar-refractivity contribution is 0.401. The minimum Gasteiger partial charge on any atom is -0.329 e. The Morgan fingerprint density at radius 2 is 2.00 bits per heavy atom. The third-order valence-corrected chi connectivity index (χ3v) is 3.12. The van der Waals surface area contributed by atoms with Gasteiger partial charge in [-0.3, -0.25) is 0 Å². The van der Waals surface area contributed by atoms with Crippen LogP contribution in [-0.4, -0.2) is 19.1 Å². The minimum atomic E-state index is 0.434. The number of nitrogens with one attached hydrogen (secondary N) is 1. The van der Waals surface area contributed by atoms with Crippen molar-refractivity contribution in [3.05, 3.63) is 34.9 Å². The first-order chi connectivity index (χ1) is 7.65. The van der Waals surface area contributed by atoms with E-state index in [1.807, 2.05) is 18.2 Å². The predicted octanol–water partition coefficient (Wildman–Crippen LogP) is 2.46. The van der Waals surface area contributed by atoms with Crippen LogP contribution in [-0.2, 0) is 6.42 Å².